The van der Waals surface area contributed by atoms with Crippen LogP contribution in [0.2, 0.25) is 10.0 Å². The summed E-state index contributed by atoms with van der Waals surface area (Å²) < 4.78 is 32.1. The molecule has 3 nitrogen and oxygen atoms in total. The standard InChI is InChI=1S/C16H9Cl2F2NO2/c17-12-2-1-3-13(18)14(12)16-11(7-22)15(21-23-16)8-4-9(19)6-10(20)5-8/h1-6,22H,7H2. The second-order valence-electron chi connectivity index (χ2n) is 4.75. The van der Waals surface area contributed by atoms with Crippen LogP contribution in [0.3, 0.4) is 0 Å². The predicted molar refractivity (Wildman–Crippen MR) is 83.2 cm³/mol. The van der Waals surface area contributed by atoms with Crippen LogP contribution < -0.4 is 0 Å². The van der Waals surface area contributed by atoms with Crippen molar-refractivity contribution in [2.75, 3.05) is 0 Å². The molecule has 23 heavy (non-hydrogen) atoms. The minimum absolute atomic E-state index is 0.122. The van der Waals surface area contributed by atoms with E-state index in [-0.39, 0.29) is 22.6 Å². The van der Waals surface area contributed by atoms with Crippen LogP contribution >= 0.6 is 23.2 Å². The van der Waals surface area contributed by atoms with E-state index in [9.17, 15) is 13.9 Å². The van der Waals surface area contributed by atoms with Crippen LogP contribution in [-0.2, 0) is 6.61 Å². The number of rotatable bonds is 3. The number of halogens is 4. The Labute approximate surface area is 140 Å². The van der Waals surface area contributed by atoms with Crippen molar-refractivity contribution in [3.8, 4) is 22.6 Å². The Hall–Kier alpha value is -1.95. The van der Waals surface area contributed by atoms with Crippen molar-refractivity contribution >= 4 is 23.2 Å². The van der Waals surface area contributed by atoms with Crippen LogP contribution in [0.25, 0.3) is 22.6 Å². The van der Waals surface area contributed by atoms with Gasteiger partial charge < -0.3 is 9.63 Å². The molecule has 0 radical (unpaired) electrons. The third-order valence-electron chi connectivity index (χ3n) is 3.27. The van der Waals surface area contributed by atoms with E-state index in [4.69, 9.17) is 27.7 Å². The Balaban J connectivity index is 2.21. The fraction of sp³-hybridized carbons (Fsp3) is 0.0625. The summed E-state index contributed by atoms with van der Waals surface area (Å²) in [5.74, 6) is -1.36. The van der Waals surface area contributed by atoms with Gasteiger partial charge in [0.25, 0.3) is 0 Å². The summed E-state index contributed by atoms with van der Waals surface area (Å²) >= 11 is 12.2. The van der Waals surface area contributed by atoms with E-state index in [1.165, 1.54) is 0 Å². The first-order chi connectivity index (χ1) is 11.0. The minimum atomic E-state index is -0.760. The second-order valence-corrected chi connectivity index (χ2v) is 5.57. The first-order valence-corrected chi connectivity index (χ1v) is 7.27. The molecule has 0 aliphatic carbocycles. The zero-order chi connectivity index (χ0) is 16.6. The van der Waals surface area contributed by atoms with Gasteiger partial charge in [-0.15, -0.1) is 0 Å². The van der Waals surface area contributed by atoms with Gasteiger partial charge in [0.15, 0.2) is 5.76 Å². The minimum Gasteiger partial charge on any atom is -0.391 e. The monoisotopic (exact) mass is 355 g/mol. The molecular weight excluding hydrogens is 347 g/mol. The summed E-state index contributed by atoms with van der Waals surface area (Å²) in [4.78, 5) is 0. The topological polar surface area (TPSA) is 46.3 Å². The van der Waals surface area contributed by atoms with E-state index in [1.807, 2.05) is 0 Å². The van der Waals surface area contributed by atoms with E-state index < -0.39 is 18.2 Å². The molecule has 1 N–H and O–H groups in total. The SMILES string of the molecule is OCc1c(-c2cc(F)cc(F)c2)noc1-c1c(Cl)cccc1Cl. The average Bonchev–Trinajstić information content (AvgIpc) is 2.89. The molecule has 2 aromatic carbocycles. The fourth-order valence-corrected chi connectivity index (χ4v) is 2.85. The molecule has 0 fully saturated rings. The largest absolute Gasteiger partial charge is 0.391 e. The summed E-state index contributed by atoms with van der Waals surface area (Å²) in [6.45, 7) is -0.464. The Bertz CT molecular complexity index is 840. The molecule has 3 aromatic rings. The summed E-state index contributed by atoms with van der Waals surface area (Å²) in [5.41, 5.74) is 0.863. The van der Waals surface area contributed by atoms with E-state index >= 15 is 0 Å². The summed E-state index contributed by atoms with van der Waals surface area (Å²) in [7, 11) is 0. The van der Waals surface area contributed by atoms with Crippen LogP contribution in [0.1, 0.15) is 5.56 Å². The first kappa shape index (κ1) is 15.9. The molecule has 0 saturated carbocycles. The maximum absolute atomic E-state index is 13.4. The van der Waals surface area contributed by atoms with Gasteiger partial charge in [-0.2, -0.15) is 0 Å². The third kappa shape index (κ3) is 2.95. The van der Waals surface area contributed by atoms with Gasteiger partial charge in [0.1, 0.15) is 17.3 Å². The predicted octanol–water partition coefficient (Wildman–Crippen LogP) is 5.09. The van der Waals surface area contributed by atoms with Crippen LogP contribution in [0.5, 0.6) is 0 Å². The molecule has 118 valence electrons. The van der Waals surface area contributed by atoms with Crippen LogP contribution in [0.15, 0.2) is 40.9 Å². The molecule has 0 aliphatic heterocycles. The lowest BCUT2D eigenvalue weighted by atomic mass is 10.0. The number of hydrogen-bond acceptors (Lipinski definition) is 3. The molecule has 0 bridgehead atoms. The lowest BCUT2D eigenvalue weighted by molar-refractivity contribution is 0.281. The third-order valence-corrected chi connectivity index (χ3v) is 3.90. The van der Waals surface area contributed by atoms with Gasteiger partial charge in [0.2, 0.25) is 0 Å². The van der Waals surface area contributed by atoms with Gasteiger partial charge in [-0.1, -0.05) is 34.4 Å². The van der Waals surface area contributed by atoms with Crippen LogP contribution in [0, 0.1) is 11.6 Å². The van der Waals surface area contributed by atoms with E-state index in [0.29, 0.717) is 15.6 Å². The highest BCUT2D eigenvalue weighted by molar-refractivity contribution is 6.39. The molecule has 0 saturated heterocycles. The molecular formula is C16H9Cl2F2NO2. The Morgan fingerprint density at radius 2 is 1.65 bits per heavy atom. The number of aliphatic hydroxyl groups excluding tert-OH is 1. The van der Waals surface area contributed by atoms with Gasteiger partial charge in [-0.25, -0.2) is 8.78 Å². The first-order valence-electron chi connectivity index (χ1n) is 6.51. The number of aromatic nitrogens is 1. The molecule has 1 heterocycles. The molecule has 0 amide bonds. The summed E-state index contributed by atoms with van der Waals surface area (Å²) in [6, 6.07) is 7.80. The lowest BCUT2D eigenvalue weighted by Gasteiger charge is -2.05. The normalized spacial score (nSPS) is 11.0. The highest BCUT2D eigenvalue weighted by Gasteiger charge is 2.22. The van der Waals surface area contributed by atoms with Gasteiger partial charge in [0, 0.05) is 11.6 Å². The molecule has 0 aliphatic rings. The van der Waals surface area contributed by atoms with Crippen molar-refractivity contribution in [2.45, 2.75) is 6.61 Å². The second kappa shape index (κ2) is 6.28. The Morgan fingerprint density at radius 3 is 2.22 bits per heavy atom. The van der Waals surface area contributed by atoms with Gasteiger partial charge in [-0.3, -0.25) is 0 Å². The smallest absolute Gasteiger partial charge is 0.176 e. The lowest BCUT2D eigenvalue weighted by Crippen LogP contribution is -1.92. The maximum Gasteiger partial charge on any atom is 0.176 e. The zero-order valence-corrected chi connectivity index (χ0v) is 13.0. The highest BCUT2D eigenvalue weighted by atomic mass is 35.5. The van der Waals surface area contributed by atoms with Gasteiger partial charge in [0.05, 0.1) is 27.8 Å². The molecule has 0 atom stereocenters. The van der Waals surface area contributed by atoms with Crippen molar-refractivity contribution < 1.29 is 18.4 Å². The summed E-state index contributed by atoms with van der Waals surface area (Å²) in [5, 5.41) is 14.1. The Kier molecular flexibility index (Phi) is 4.35. The van der Waals surface area contributed by atoms with Gasteiger partial charge in [-0.05, 0) is 24.3 Å². The fourth-order valence-electron chi connectivity index (χ4n) is 2.28. The van der Waals surface area contributed by atoms with Crippen molar-refractivity contribution in [1.82, 2.24) is 5.16 Å². The molecule has 0 unspecified atom stereocenters. The van der Waals surface area contributed by atoms with Crippen LogP contribution in [-0.4, -0.2) is 10.3 Å². The molecule has 1 aromatic heterocycles. The number of nitrogens with zero attached hydrogens (tertiary/aromatic N) is 1. The van der Waals surface area contributed by atoms with Crippen molar-refractivity contribution in [3.05, 3.63) is 63.6 Å². The van der Waals surface area contributed by atoms with Crippen molar-refractivity contribution in [1.29, 1.82) is 0 Å². The number of benzene rings is 2. The number of hydrogen-bond donors (Lipinski definition) is 1. The maximum atomic E-state index is 13.4. The quantitative estimate of drug-likeness (QED) is 0.711. The Morgan fingerprint density at radius 1 is 1.04 bits per heavy atom. The van der Waals surface area contributed by atoms with E-state index in [0.717, 1.165) is 18.2 Å². The highest BCUT2D eigenvalue weighted by Crippen LogP contribution is 2.40. The summed E-state index contributed by atoms with van der Waals surface area (Å²) in [6.07, 6.45) is 0. The van der Waals surface area contributed by atoms with E-state index in [2.05, 4.69) is 5.16 Å². The molecule has 3 rings (SSSR count). The molecule has 7 heteroatoms. The van der Waals surface area contributed by atoms with Crippen molar-refractivity contribution in [2.24, 2.45) is 0 Å². The number of aliphatic hydroxyl groups is 1. The van der Waals surface area contributed by atoms with Gasteiger partial charge >= 0.3 is 0 Å². The molecule has 0 spiro atoms. The van der Waals surface area contributed by atoms with Crippen LogP contribution in [0.4, 0.5) is 8.78 Å². The average molecular weight is 356 g/mol. The van der Waals surface area contributed by atoms with E-state index in [1.54, 1.807) is 18.2 Å². The van der Waals surface area contributed by atoms with Crippen molar-refractivity contribution in [3.63, 3.8) is 0 Å². The zero-order valence-electron chi connectivity index (χ0n) is 11.5.